The van der Waals surface area contributed by atoms with Gasteiger partial charge in [-0.15, -0.1) is 0 Å². The molecule has 0 saturated carbocycles. The smallest absolute Gasteiger partial charge is 0.316 e. The van der Waals surface area contributed by atoms with Crippen molar-refractivity contribution in [3.05, 3.63) is 42.2 Å². The van der Waals surface area contributed by atoms with Gasteiger partial charge in [0.1, 0.15) is 16.7 Å². The quantitative estimate of drug-likeness (QED) is 0.816. The molecule has 2 aromatic rings. The molecule has 1 aromatic heterocycles. The van der Waals surface area contributed by atoms with Crippen LogP contribution in [0.15, 0.2) is 41.6 Å². The third-order valence-electron chi connectivity index (χ3n) is 3.86. The number of ether oxygens (including phenoxy) is 2. The molecule has 3 rings (SSSR count). The van der Waals surface area contributed by atoms with Gasteiger partial charge in [0.25, 0.3) is 0 Å². The first-order valence-electron chi connectivity index (χ1n) is 7.59. The summed E-state index contributed by atoms with van der Waals surface area (Å²) in [6.07, 6.45) is 3.50. The van der Waals surface area contributed by atoms with E-state index in [1.54, 1.807) is 30.6 Å². The number of methoxy groups -OCH3 is 1. The SMILES string of the molecule is COc1ccc(C)cc1S(=O)(=O)N1CCC(Oc2ncccn2)C1. The van der Waals surface area contributed by atoms with Crippen molar-refractivity contribution in [1.82, 2.24) is 14.3 Å². The van der Waals surface area contributed by atoms with Crippen molar-refractivity contribution in [2.24, 2.45) is 0 Å². The molecule has 1 atom stereocenters. The molecule has 0 N–H and O–H groups in total. The highest BCUT2D eigenvalue weighted by molar-refractivity contribution is 7.89. The number of benzene rings is 1. The summed E-state index contributed by atoms with van der Waals surface area (Å²) >= 11 is 0. The zero-order valence-electron chi connectivity index (χ0n) is 13.5. The van der Waals surface area contributed by atoms with E-state index in [1.165, 1.54) is 11.4 Å². The minimum absolute atomic E-state index is 0.182. The Morgan fingerprint density at radius 3 is 2.71 bits per heavy atom. The van der Waals surface area contributed by atoms with Crippen LogP contribution in [-0.4, -0.2) is 49.0 Å². The summed E-state index contributed by atoms with van der Waals surface area (Å²) in [6.45, 7) is 2.50. The van der Waals surface area contributed by atoms with Crippen molar-refractivity contribution in [3.63, 3.8) is 0 Å². The topological polar surface area (TPSA) is 81.6 Å². The first kappa shape index (κ1) is 16.7. The van der Waals surface area contributed by atoms with Crippen LogP contribution in [0, 0.1) is 6.92 Å². The van der Waals surface area contributed by atoms with E-state index in [4.69, 9.17) is 9.47 Å². The minimum Gasteiger partial charge on any atom is -0.495 e. The van der Waals surface area contributed by atoms with Gasteiger partial charge in [-0.2, -0.15) is 4.31 Å². The van der Waals surface area contributed by atoms with Crippen molar-refractivity contribution in [2.75, 3.05) is 20.2 Å². The number of nitrogens with zero attached hydrogens (tertiary/aromatic N) is 3. The first-order chi connectivity index (χ1) is 11.5. The third kappa shape index (κ3) is 3.34. The minimum atomic E-state index is -3.64. The maximum absolute atomic E-state index is 12.9. The summed E-state index contributed by atoms with van der Waals surface area (Å²) in [6, 6.07) is 7.07. The average molecular weight is 349 g/mol. The predicted molar refractivity (Wildman–Crippen MR) is 87.6 cm³/mol. The molecule has 1 unspecified atom stereocenters. The van der Waals surface area contributed by atoms with Crippen LogP contribution in [0.25, 0.3) is 0 Å². The van der Waals surface area contributed by atoms with Gasteiger partial charge in [0, 0.05) is 18.9 Å². The fourth-order valence-corrected chi connectivity index (χ4v) is 4.36. The van der Waals surface area contributed by atoms with Crippen LogP contribution < -0.4 is 9.47 Å². The zero-order valence-corrected chi connectivity index (χ0v) is 14.4. The lowest BCUT2D eigenvalue weighted by Gasteiger charge is -2.18. The highest BCUT2D eigenvalue weighted by Gasteiger charge is 2.35. The Hall–Kier alpha value is -2.19. The summed E-state index contributed by atoms with van der Waals surface area (Å²) in [5.41, 5.74) is 0.860. The zero-order chi connectivity index (χ0) is 17.2. The van der Waals surface area contributed by atoms with E-state index in [9.17, 15) is 8.42 Å². The Morgan fingerprint density at radius 1 is 1.25 bits per heavy atom. The van der Waals surface area contributed by atoms with Gasteiger partial charge in [0.15, 0.2) is 0 Å². The lowest BCUT2D eigenvalue weighted by Crippen LogP contribution is -2.31. The Kier molecular flexibility index (Phi) is 4.68. The molecule has 0 amide bonds. The van der Waals surface area contributed by atoms with Gasteiger partial charge < -0.3 is 9.47 Å². The first-order valence-corrected chi connectivity index (χ1v) is 9.03. The number of sulfonamides is 1. The van der Waals surface area contributed by atoms with Gasteiger partial charge in [-0.1, -0.05) is 6.07 Å². The van der Waals surface area contributed by atoms with Gasteiger partial charge in [0.05, 0.1) is 13.7 Å². The molecule has 0 aliphatic carbocycles. The second-order valence-corrected chi connectivity index (χ2v) is 7.48. The molecular formula is C16H19N3O4S. The van der Waals surface area contributed by atoms with E-state index in [0.29, 0.717) is 18.7 Å². The lowest BCUT2D eigenvalue weighted by atomic mass is 10.2. The molecule has 7 nitrogen and oxygen atoms in total. The number of rotatable bonds is 5. The summed E-state index contributed by atoms with van der Waals surface area (Å²) in [4.78, 5) is 8.19. The normalized spacial score (nSPS) is 18.5. The van der Waals surface area contributed by atoms with E-state index in [0.717, 1.165) is 5.56 Å². The molecule has 8 heteroatoms. The van der Waals surface area contributed by atoms with Crippen molar-refractivity contribution in [3.8, 4) is 11.8 Å². The number of aryl methyl sites for hydroxylation is 1. The van der Waals surface area contributed by atoms with Gasteiger partial charge in [0.2, 0.25) is 10.0 Å². The van der Waals surface area contributed by atoms with Crippen molar-refractivity contribution in [2.45, 2.75) is 24.3 Å². The summed E-state index contributed by atoms with van der Waals surface area (Å²) in [7, 11) is -2.18. The van der Waals surface area contributed by atoms with Crippen LogP contribution in [0.5, 0.6) is 11.8 Å². The van der Waals surface area contributed by atoms with Crippen molar-refractivity contribution in [1.29, 1.82) is 0 Å². The van der Waals surface area contributed by atoms with E-state index in [1.807, 2.05) is 13.0 Å². The molecule has 1 aliphatic heterocycles. The molecule has 1 aromatic carbocycles. The summed E-state index contributed by atoms with van der Waals surface area (Å²) < 4.78 is 38.1. The standard InChI is InChI=1S/C16H19N3O4S/c1-12-4-5-14(22-2)15(10-12)24(20,21)19-9-6-13(11-19)23-16-17-7-3-8-18-16/h3-5,7-8,10,13H,6,9,11H2,1-2H3. The largest absolute Gasteiger partial charge is 0.495 e. The van der Waals surface area contributed by atoms with Crippen LogP contribution in [0.4, 0.5) is 0 Å². The predicted octanol–water partition coefficient (Wildman–Crippen LogP) is 1.64. The molecule has 128 valence electrons. The van der Waals surface area contributed by atoms with Gasteiger partial charge in [-0.3, -0.25) is 0 Å². The maximum Gasteiger partial charge on any atom is 0.316 e. The second-order valence-electron chi connectivity index (χ2n) is 5.58. The fourth-order valence-electron chi connectivity index (χ4n) is 2.63. The molecule has 1 aliphatic rings. The average Bonchev–Trinajstić information content (AvgIpc) is 3.05. The molecule has 1 fully saturated rings. The molecule has 2 heterocycles. The number of aromatic nitrogens is 2. The summed E-state index contributed by atoms with van der Waals surface area (Å²) in [5, 5.41) is 0. The Labute approximate surface area is 141 Å². The maximum atomic E-state index is 12.9. The third-order valence-corrected chi connectivity index (χ3v) is 5.75. The molecule has 0 spiro atoms. The molecule has 1 saturated heterocycles. The van der Waals surface area contributed by atoms with Crippen LogP contribution in [0.1, 0.15) is 12.0 Å². The van der Waals surface area contributed by atoms with Crippen molar-refractivity contribution < 1.29 is 17.9 Å². The second kappa shape index (κ2) is 6.74. The van der Waals surface area contributed by atoms with Gasteiger partial charge >= 0.3 is 6.01 Å². The van der Waals surface area contributed by atoms with E-state index in [-0.39, 0.29) is 23.6 Å². The van der Waals surface area contributed by atoms with E-state index in [2.05, 4.69) is 9.97 Å². The van der Waals surface area contributed by atoms with Crippen LogP contribution in [0.2, 0.25) is 0 Å². The Balaban J connectivity index is 1.78. The van der Waals surface area contributed by atoms with E-state index >= 15 is 0 Å². The highest BCUT2D eigenvalue weighted by atomic mass is 32.2. The van der Waals surface area contributed by atoms with E-state index < -0.39 is 10.0 Å². The van der Waals surface area contributed by atoms with Crippen LogP contribution in [-0.2, 0) is 10.0 Å². The Bertz CT molecular complexity index is 811. The highest BCUT2D eigenvalue weighted by Crippen LogP contribution is 2.30. The summed E-state index contributed by atoms with van der Waals surface area (Å²) in [5.74, 6) is 0.344. The fraction of sp³-hybridized carbons (Fsp3) is 0.375. The van der Waals surface area contributed by atoms with Crippen LogP contribution in [0.3, 0.4) is 0 Å². The van der Waals surface area contributed by atoms with Crippen molar-refractivity contribution >= 4 is 10.0 Å². The molecule has 0 bridgehead atoms. The number of hydrogen-bond donors (Lipinski definition) is 0. The van der Waals surface area contributed by atoms with Crippen LogP contribution >= 0.6 is 0 Å². The monoisotopic (exact) mass is 349 g/mol. The molecule has 24 heavy (non-hydrogen) atoms. The molecular weight excluding hydrogens is 330 g/mol. The van der Waals surface area contributed by atoms with Gasteiger partial charge in [-0.05, 0) is 37.1 Å². The number of hydrogen-bond acceptors (Lipinski definition) is 6. The lowest BCUT2D eigenvalue weighted by molar-refractivity contribution is 0.197. The Morgan fingerprint density at radius 2 is 2.00 bits per heavy atom. The molecule has 0 radical (unpaired) electrons. The van der Waals surface area contributed by atoms with Gasteiger partial charge in [-0.25, -0.2) is 18.4 Å².